The first-order chi connectivity index (χ1) is 9.90. The first-order valence-corrected chi connectivity index (χ1v) is 8.35. The summed E-state index contributed by atoms with van der Waals surface area (Å²) in [5.74, 6) is 0.0948. The number of hydrogen-bond donors (Lipinski definition) is 1. The molecule has 0 bridgehead atoms. The van der Waals surface area contributed by atoms with E-state index in [-0.39, 0.29) is 5.75 Å². The van der Waals surface area contributed by atoms with Crippen LogP contribution in [0.15, 0.2) is 36.9 Å². The molecule has 0 spiro atoms. The maximum absolute atomic E-state index is 11.8. The van der Waals surface area contributed by atoms with Crippen molar-refractivity contribution in [2.75, 3.05) is 19.4 Å². The van der Waals surface area contributed by atoms with E-state index in [4.69, 9.17) is 4.74 Å². The van der Waals surface area contributed by atoms with Crippen molar-refractivity contribution in [2.45, 2.75) is 18.6 Å². The summed E-state index contributed by atoms with van der Waals surface area (Å²) in [4.78, 5) is 11.8. The molecule has 0 radical (unpaired) electrons. The molecule has 0 aliphatic heterocycles. The lowest BCUT2D eigenvalue weighted by atomic mass is 10.1. The summed E-state index contributed by atoms with van der Waals surface area (Å²) < 4.78 is 28.5. The van der Waals surface area contributed by atoms with Crippen LogP contribution in [0.3, 0.4) is 0 Å². The van der Waals surface area contributed by atoms with Crippen LogP contribution in [0.5, 0.6) is 5.75 Å². The summed E-state index contributed by atoms with van der Waals surface area (Å²) in [6.45, 7) is 5.16. The second kappa shape index (κ2) is 7.83. The third-order valence-corrected chi connectivity index (χ3v) is 5.12. The third kappa shape index (κ3) is 5.23. The lowest BCUT2D eigenvalue weighted by molar-refractivity contribution is -0.120. The van der Waals surface area contributed by atoms with E-state index in [9.17, 15) is 13.2 Å². The Balaban J connectivity index is 2.47. The minimum absolute atomic E-state index is 0.194. The number of hydrogen-bond acceptors (Lipinski definition) is 4. The van der Waals surface area contributed by atoms with Crippen molar-refractivity contribution in [3.8, 4) is 5.75 Å². The highest BCUT2D eigenvalue weighted by Crippen LogP contribution is 2.11. The number of rotatable bonds is 8. The number of sulfone groups is 1. The van der Waals surface area contributed by atoms with Crippen LogP contribution in [0.25, 0.3) is 0 Å². The van der Waals surface area contributed by atoms with Gasteiger partial charge in [-0.25, -0.2) is 8.42 Å². The lowest BCUT2D eigenvalue weighted by Crippen LogP contribution is -2.39. The predicted molar refractivity (Wildman–Crippen MR) is 83.2 cm³/mol. The van der Waals surface area contributed by atoms with Crippen molar-refractivity contribution in [3.05, 3.63) is 42.5 Å². The van der Waals surface area contributed by atoms with Crippen molar-refractivity contribution >= 4 is 15.7 Å². The molecule has 21 heavy (non-hydrogen) atoms. The van der Waals surface area contributed by atoms with Crippen LogP contribution in [0.4, 0.5) is 0 Å². The fraction of sp³-hybridized carbons (Fsp3) is 0.400. The zero-order valence-corrected chi connectivity index (χ0v) is 13.2. The van der Waals surface area contributed by atoms with Crippen molar-refractivity contribution in [3.63, 3.8) is 0 Å². The van der Waals surface area contributed by atoms with Crippen molar-refractivity contribution in [1.29, 1.82) is 0 Å². The highest BCUT2D eigenvalue weighted by molar-refractivity contribution is 7.92. The van der Waals surface area contributed by atoms with Gasteiger partial charge in [-0.05, 0) is 31.0 Å². The maximum atomic E-state index is 11.8. The topological polar surface area (TPSA) is 72.5 Å². The molecule has 0 aromatic heterocycles. The summed E-state index contributed by atoms with van der Waals surface area (Å²) >= 11 is 0. The molecule has 1 aromatic carbocycles. The number of nitrogens with one attached hydrogen (secondary N) is 1. The van der Waals surface area contributed by atoms with E-state index in [1.165, 1.54) is 13.0 Å². The SMILES string of the molecule is C=CCS(=O)(=O)C(C)C(=O)NCCc1ccc(OC)cc1. The van der Waals surface area contributed by atoms with Gasteiger partial charge in [0.1, 0.15) is 11.0 Å². The quantitative estimate of drug-likeness (QED) is 0.735. The molecule has 0 heterocycles. The third-order valence-electron chi connectivity index (χ3n) is 3.13. The summed E-state index contributed by atoms with van der Waals surface area (Å²) in [5.41, 5.74) is 1.04. The Labute approximate surface area is 125 Å². The molecule has 1 atom stereocenters. The van der Waals surface area contributed by atoms with E-state index in [1.807, 2.05) is 24.3 Å². The number of benzene rings is 1. The zero-order chi connectivity index (χ0) is 15.9. The average Bonchev–Trinajstić information content (AvgIpc) is 2.47. The normalized spacial score (nSPS) is 12.5. The molecular weight excluding hydrogens is 290 g/mol. The standard InChI is InChI=1S/C15H21NO4S/c1-4-11-21(18,19)12(2)15(17)16-10-9-13-5-7-14(20-3)8-6-13/h4-8,12H,1,9-11H2,2-3H3,(H,16,17). The Morgan fingerprint density at radius 3 is 2.52 bits per heavy atom. The molecule has 0 saturated heterocycles. The summed E-state index contributed by atoms with van der Waals surface area (Å²) in [6, 6.07) is 7.49. The molecule has 116 valence electrons. The smallest absolute Gasteiger partial charge is 0.238 e. The van der Waals surface area contributed by atoms with E-state index >= 15 is 0 Å². The van der Waals surface area contributed by atoms with Gasteiger partial charge in [0.05, 0.1) is 12.9 Å². The van der Waals surface area contributed by atoms with Crippen LogP contribution in [0.2, 0.25) is 0 Å². The van der Waals surface area contributed by atoms with Crippen LogP contribution in [0.1, 0.15) is 12.5 Å². The van der Waals surface area contributed by atoms with E-state index in [0.717, 1.165) is 11.3 Å². The van der Waals surface area contributed by atoms with Gasteiger partial charge in [-0.2, -0.15) is 0 Å². The van der Waals surface area contributed by atoms with Gasteiger partial charge in [0.2, 0.25) is 5.91 Å². The van der Waals surface area contributed by atoms with Gasteiger partial charge in [-0.1, -0.05) is 18.2 Å². The lowest BCUT2D eigenvalue weighted by Gasteiger charge is -2.12. The molecule has 0 aliphatic carbocycles. The van der Waals surface area contributed by atoms with Gasteiger partial charge in [0.15, 0.2) is 9.84 Å². The molecule has 0 saturated carbocycles. The first kappa shape index (κ1) is 17.2. The van der Waals surface area contributed by atoms with Gasteiger partial charge < -0.3 is 10.1 Å². The largest absolute Gasteiger partial charge is 0.497 e. The molecule has 1 N–H and O–H groups in total. The number of carbonyl (C=O) groups excluding carboxylic acids is 1. The maximum Gasteiger partial charge on any atom is 0.238 e. The molecule has 0 fully saturated rings. The monoisotopic (exact) mass is 311 g/mol. The summed E-state index contributed by atoms with van der Waals surface area (Å²) in [6.07, 6.45) is 1.92. The number of methoxy groups -OCH3 is 1. The fourth-order valence-corrected chi connectivity index (χ4v) is 2.76. The Hall–Kier alpha value is -1.82. The molecular formula is C15H21NO4S. The van der Waals surface area contributed by atoms with Gasteiger partial charge in [0, 0.05) is 6.54 Å². The molecule has 0 aliphatic rings. The number of ether oxygens (including phenoxy) is 1. The van der Waals surface area contributed by atoms with Gasteiger partial charge >= 0.3 is 0 Å². The zero-order valence-electron chi connectivity index (χ0n) is 12.3. The van der Waals surface area contributed by atoms with Crippen LogP contribution in [-0.2, 0) is 21.1 Å². The fourth-order valence-electron chi connectivity index (χ4n) is 1.74. The van der Waals surface area contributed by atoms with Crippen molar-refractivity contribution in [2.24, 2.45) is 0 Å². The second-order valence-corrected chi connectivity index (χ2v) is 7.02. The van der Waals surface area contributed by atoms with Gasteiger partial charge in [-0.15, -0.1) is 6.58 Å². The van der Waals surface area contributed by atoms with Gasteiger partial charge in [-0.3, -0.25) is 4.79 Å². The Kier molecular flexibility index (Phi) is 6.42. The molecule has 5 nitrogen and oxygen atoms in total. The van der Waals surface area contributed by atoms with Crippen LogP contribution >= 0.6 is 0 Å². The second-order valence-electron chi connectivity index (χ2n) is 4.65. The van der Waals surface area contributed by atoms with E-state index in [1.54, 1.807) is 7.11 Å². The van der Waals surface area contributed by atoms with Crippen molar-refractivity contribution in [1.82, 2.24) is 5.32 Å². The first-order valence-electron chi connectivity index (χ1n) is 6.64. The average molecular weight is 311 g/mol. The summed E-state index contributed by atoms with van der Waals surface area (Å²) in [5, 5.41) is 1.58. The highest BCUT2D eigenvalue weighted by Gasteiger charge is 2.26. The van der Waals surface area contributed by atoms with E-state index < -0.39 is 21.0 Å². The molecule has 1 amide bonds. The predicted octanol–water partition coefficient (Wildman–Crippen LogP) is 1.34. The van der Waals surface area contributed by atoms with Crippen molar-refractivity contribution < 1.29 is 17.9 Å². The van der Waals surface area contributed by atoms with Crippen LogP contribution < -0.4 is 10.1 Å². The Morgan fingerprint density at radius 2 is 2.00 bits per heavy atom. The number of carbonyl (C=O) groups is 1. The molecule has 1 rings (SSSR count). The number of amides is 1. The van der Waals surface area contributed by atoms with Crippen LogP contribution in [-0.4, -0.2) is 39.0 Å². The minimum Gasteiger partial charge on any atom is -0.497 e. The highest BCUT2D eigenvalue weighted by atomic mass is 32.2. The van der Waals surface area contributed by atoms with Crippen LogP contribution in [0, 0.1) is 0 Å². The Bertz CT molecular complexity index is 578. The Morgan fingerprint density at radius 1 is 1.38 bits per heavy atom. The van der Waals surface area contributed by atoms with E-state index in [0.29, 0.717) is 13.0 Å². The van der Waals surface area contributed by atoms with E-state index in [2.05, 4.69) is 11.9 Å². The minimum atomic E-state index is -3.46. The molecule has 6 heteroatoms. The molecule has 1 aromatic rings. The van der Waals surface area contributed by atoms with Gasteiger partial charge in [0.25, 0.3) is 0 Å². The summed E-state index contributed by atoms with van der Waals surface area (Å²) in [7, 11) is -1.86. The molecule has 1 unspecified atom stereocenters.